The van der Waals surface area contributed by atoms with Crippen molar-refractivity contribution in [3.8, 4) is 0 Å². The molecule has 0 N–H and O–H groups in total. The van der Waals surface area contributed by atoms with E-state index in [1.165, 1.54) is 40.2 Å². The van der Waals surface area contributed by atoms with Crippen molar-refractivity contribution in [2.24, 2.45) is 0 Å². The van der Waals surface area contributed by atoms with Crippen LogP contribution in [0.5, 0.6) is 0 Å². The van der Waals surface area contributed by atoms with Crippen molar-refractivity contribution in [2.45, 2.75) is 52.1 Å². The first-order valence-corrected chi connectivity index (χ1v) is 5.28. The zero-order valence-electron chi connectivity index (χ0n) is 9.75. The second-order valence-corrected chi connectivity index (χ2v) is 3.57. The summed E-state index contributed by atoms with van der Waals surface area (Å²) in [5, 5.41) is 0. The van der Waals surface area contributed by atoms with E-state index in [1.807, 2.05) is 0 Å². The van der Waals surface area contributed by atoms with Crippen molar-refractivity contribution in [3.05, 3.63) is 0 Å². The van der Waals surface area contributed by atoms with Gasteiger partial charge in [0.05, 0.1) is 7.11 Å². The Bertz CT molecular complexity index is 195. The lowest BCUT2D eigenvalue weighted by atomic mass is 9.98. The summed E-state index contributed by atoms with van der Waals surface area (Å²) in [6, 6.07) is 0. The smallest absolute Gasteiger partial charge is 0.302 e. The van der Waals surface area contributed by atoms with E-state index in [-0.39, 0.29) is 18.0 Å². The van der Waals surface area contributed by atoms with Crippen LogP contribution in [0.1, 0.15) is 46.0 Å². The van der Waals surface area contributed by atoms with E-state index >= 15 is 0 Å². The molecular formula is C11H20O4. The van der Waals surface area contributed by atoms with Crippen LogP contribution in [0.25, 0.3) is 0 Å². The van der Waals surface area contributed by atoms with E-state index in [0.29, 0.717) is 0 Å². The van der Waals surface area contributed by atoms with Crippen molar-refractivity contribution >= 4 is 11.9 Å². The van der Waals surface area contributed by atoms with Crippen LogP contribution in [0.2, 0.25) is 0 Å². The molecule has 4 heteroatoms. The third kappa shape index (κ3) is 9.25. The Morgan fingerprint density at radius 2 is 1.47 bits per heavy atom. The lowest BCUT2D eigenvalue weighted by Crippen LogP contribution is -2.18. The van der Waals surface area contributed by atoms with E-state index in [0.717, 1.165) is 12.8 Å². The number of carbonyl (C=O) groups excluding carboxylic acids is 2. The van der Waals surface area contributed by atoms with E-state index in [2.05, 4.69) is 4.74 Å². The van der Waals surface area contributed by atoms with Crippen LogP contribution in [0.4, 0.5) is 0 Å². The molecule has 0 radical (unpaired) electrons. The molecule has 0 saturated heterocycles. The maximum absolute atomic E-state index is 10.5. The van der Waals surface area contributed by atoms with Crippen LogP contribution in [0.3, 0.4) is 0 Å². The van der Waals surface area contributed by atoms with Gasteiger partial charge in [0.25, 0.3) is 0 Å². The normalized spacial score (nSPS) is 15.9. The Balaban J connectivity index is 0.000000336. The average molecular weight is 216 g/mol. The number of hydrogen-bond donors (Lipinski definition) is 0. The van der Waals surface area contributed by atoms with Crippen LogP contribution in [-0.2, 0) is 19.1 Å². The maximum atomic E-state index is 10.5. The molecule has 0 aromatic carbocycles. The summed E-state index contributed by atoms with van der Waals surface area (Å²) in [6.45, 7) is 2.84. The number of rotatable bonds is 1. The lowest BCUT2D eigenvalue weighted by molar-refractivity contribution is -0.147. The predicted molar refractivity (Wildman–Crippen MR) is 56.3 cm³/mol. The van der Waals surface area contributed by atoms with E-state index in [9.17, 15) is 9.59 Å². The highest BCUT2D eigenvalue weighted by Gasteiger charge is 2.14. The molecule has 4 nitrogen and oxygen atoms in total. The second-order valence-electron chi connectivity index (χ2n) is 3.57. The van der Waals surface area contributed by atoms with Crippen molar-refractivity contribution in [1.82, 2.24) is 0 Å². The number of esters is 2. The highest BCUT2D eigenvalue weighted by atomic mass is 16.5. The minimum atomic E-state index is -0.245. The molecule has 1 fully saturated rings. The molecular weight excluding hydrogens is 196 g/mol. The Morgan fingerprint density at radius 1 is 1.00 bits per heavy atom. The van der Waals surface area contributed by atoms with Crippen LogP contribution >= 0.6 is 0 Å². The fourth-order valence-electron chi connectivity index (χ4n) is 1.42. The monoisotopic (exact) mass is 216 g/mol. The van der Waals surface area contributed by atoms with Gasteiger partial charge in [0.1, 0.15) is 6.10 Å². The fraction of sp³-hybridized carbons (Fsp3) is 0.818. The number of methoxy groups -OCH3 is 1. The quantitative estimate of drug-likeness (QED) is 0.629. The molecule has 0 atom stereocenters. The van der Waals surface area contributed by atoms with Crippen LogP contribution < -0.4 is 0 Å². The van der Waals surface area contributed by atoms with E-state index in [4.69, 9.17) is 4.74 Å². The van der Waals surface area contributed by atoms with Crippen molar-refractivity contribution in [3.63, 3.8) is 0 Å². The lowest BCUT2D eigenvalue weighted by Gasteiger charge is -2.20. The first-order chi connectivity index (χ1) is 7.06. The molecule has 1 rings (SSSR count). The standard InChI is InChI=1S/C8H14O2.C3H6O2/c1-7(9)10-8-5-3-2-4-6-8;1-3(4)5-2/h8H,2-6H2,1H3;1-2H3. The Hall–Kier alpha value is -1.06. The SMILES string of the molecule is CC(=O)OC1CCCCC1.COC(C)=O. The van der Waals surface area contributed by atoms with Crippen LogP contribution in [-0.4, -0.2) is 25.2 Å². The van der Waals surface area contributed by atoms with Gasteiger partial charge in [-0.05, 0) is 25.7 Å². The molecule has 88 valence electrons. The largest absolute Gasteiger partial charge is 0.469 e. The zero-order valence-corrected chi connectivity index (χ0v) is 9.75. The van der Waals surface area contributed by atoms with Gasteiger partial charge in [-0.2, -0.15) is 0 Å². The number of carbonyl (C=O) groups is 2. The Kier molecular flexibility index (Phi) is 7.68. The minimum Gasteiger partial charge on any atom is -0.469 e. The van der Waals surface area contributed by atoms with Crippen molar-refractivity contribution < 1.29 is 19.1 Å². The highest BCUT2D eigenvalue weighted by molar-refractivity contribution is 5.66. The molecule has 1 saturated carbocycles. The molecule has 0 aromatic rings. The highest BCUT2D eigenvalue weighted by Crippen LogP contribution is 2.19. The van der Waals surface area contributed by atoms with Gasteiger partial charge >= 0.3 is 11.9 Å². The molecule has 0 heterocycles. The molecule has 0 unspecified atom stereocenters. The molecule has 1 aliphatic carbocycles. The van der Waals surface area contributed by atoms with Crippen molar-refractivity contribution in [1.29, 1.82) is 0 Å². The first kappa shape index (κ1) is 13.9. The maximum Gasteiger partial charge on any atom is 0.302 e. The van der Waals surface area contributed by atoms with E-state index < -0.39 is 0 Å². The average Bonchev–Trinajstić information content (AvgIpc) is 2.19. The van der Waals surface area contributed by atoms with Crippen LogP contribution in [0.15, 0.2) is 0 Å². The summed E-state index contributed by atoms with van der Waals surface area (Å²) in [5.41, 5.74) is 0. The van der Waals surface area contributed by atoms with E-state index in [1.54, 1.807) is 0 Å². The Morgan fingerprint density at radius 3 is 1.80 bits per heavy atom. The van der Waals surface area contributed by atoms with Gasteiger partial charge in [-0.15, -0.1) is 0 Å². The second kappa shape index (κ2) is 8.26. The van der Waals surface area contributed by atoms with Gasteiger partial charge in [-0.25, -0.2) is 0 Å². The summed E-state index contributed by atoms with van der Waals surface area (Å²) in [4.78, 5) is 20.1. The van der Waals surface area contributed by atoms with Gasteiger partial charge in [0.15, 0.2) is 0 Å². The summed E-state index contributed by atoms with van der Waals surface area (Å²) in [6.07, 6.45) is 6.11. The summed E-state index contributed by atoms with van der Waals surface area (Å²) in [5.74, 6) is -0.378. The number of ether oxygens (including phenoxy) is 2. The predicted octanol–water partition coefficient (Wildman–Crippen LogP) is 2.06. The van der Waals surface area contributed by atoms with Crippen molar-refractivity contribution in [2.75, 3.05) is 7.11 Å². The molecule has 0 amide bonds. The van der Waals surface area contributed by atoms with Gasteiger partial charge in [-0.1, -0.05) is 6.42 Å². The minimum absolute atomic E-state index is 0.132. The summed E-state index contributed by atoms with van der Waals surface area (Å²) >= 11 is 0. The van der Waals surface area contributed by atoms with Gasteiger partial charge in [-0.3, -0.25) is 9.59 Å². The van der Waals surface area contributed by atoms with Gasteiger partial charge in [0, 0.05) is 13.8 Å². The fourth-order valence-corrected chi connectivity index (χ4v) is 1.42. The third-order valence-electron chi connectivity index (χ3n) is 2.17. The first-order valence-electron chi connectivity index (χ1n) is 5.28. The number of hydrogen-bond acceptors (Lipinski definition) is 4. The molecule has 0 bridgehead atoms. The Labute approximate surface area is 90.9 Å². The molecule has 0 aromatic heterocycles. The van der Waals surface area contributed by atoms with Gasteiger partial charge in [0.2, 0.25) is 0 Å². The summed E-state index contributed by atoms with van der Waals surface area (Å²) < 4.78 is 9.16. The van der Waals surface area contributed by atoms with Gasteiger partial charge < -0.3 is 9.47 Å². The molecule has 0 spiro atoms. The third-order valence-corrected chi connectivity index (χ3v) is 2.17. The molecule has 1 aliphatic rings. The summed E-state index contributed by atoms with van der Waals surface area (Å²) in [7, 11) is 1.35. The topological polar surface area (TPSA) is 52.6 Å². The zero-order chi connectivity index (χ0) is 11.7. The van der Waals surface area contributed by atoms with Crippen LogP contribution in [0, 0.1) is 0 Å². The molecule has 15 heavy (non-hydrogen) atoms. The molecule has 0 aliphatic heterocycles.